The number of hydrogen-bond acceptors (Lipinski definition) is 3. The van der Waals surface area contributed by atoms with Crippen molar-refractivity contribution in [3.8, 4) is 11.3 Å². The van der Waals surface area contributed by atoms with Crippen LogP contribution < -0.4 is 4.90 Å². The molecule has 0 atom stereocenters. The molecule has 0 N–H and O–H groups in total. The third-order valence-electron chi connectivity index (χ3n) is 6.38. The van der Waals surface area contributed by atoms with Crippen LogP contribution in [-0.4, -0.2) is 42.0 Å². The van der Waals surface area contributed by atoms with E-state index >= 15 is 0 Å². The number of benzene rings is 3. The number of amides is 1. The Morgan fingerprint density at radius 2 is 1.61 bits per heavy atom. The maximum atomic E-state index is 14.2. The lowest BCUT2D eigenvalue weighted by molar-refractivity contribution is 0.0748. The van der Waals surface area contributed by atoms with Crippen molar-refractivity contribution < 1.29 is 9.18 Å². The maximum Gasteiger partial charge on any atom is 0.254 e. The summed E-state index contributed by atoms with van der Waals surface area (Å²) in [6.45, 7) is 6.41. The fourth-order valence-corrected chi connectivity index (χ4v) is 4.53. The lowest BCUT2D eigenvalue weighted by Crippen LogP contribution is -2.49. The fraction of sp³-hybridized carbons (Fsp3) is 0.214. The molecular formula is C28H26FN3O. The molecule has 0 spiro atoms. The van der Waals surface area contributed by atoms with Crippen molar-refractivity contribution in [3.63, 3.8) is 0 Å². The molecule has 3 aromatic carbocycles. The highest BCUT2D eigenvalue weighted by atomic mass is 19.1. The summed E-state index contributed by atoms with van der Waals surface area (Å²) in [5.74, 6) is -0.232. The van der Waals surface area contributed by atoms with E-state index in [2.05, 4.69) is 32.0 Å². The van der Waals surface area contributed by atoms with E-state index in [0.717, 1.165) is 33.3 Å². The first-order valence-corrected chi connectivity index (χ1v) is 11.3. The van der Waals surface area contributed by atoms with Crippen LogP contribution in [0.4, 0.5) is 10.1 Å². The van der Waals surface area contributed by atoms with Gasteiger partial charge in [0, 0.05) is 37.1 Å². The molecule has 1 aliphatic rings. The molecule has 5 heteroatoms. The largest absolute Gasteiger partial charge is 0.366 e. The summed E-state index contributed by atoms with van der Waals surface area (Å²) in [6, 6.07) is 22.8. The van der Waals surface area contributed by atoms with E-state index in [-0.39, 0.29) is 11.7 Å². The Hall–Kier alpha value is -3.73. The zero-order chi connectivity index (χ0) is 22.9. The number of pyridine rings is 1. The van der Waals surface area contributed by atoms with Crippen LogP contribution in [0.15, 0.2) is 72.8 Å². The molecule has 4 nitrogen and oxygen atoms in total. The zero-order valence-corrected chi connectivity index (χ0v) is 18.9. The van der Waals surface area contributed by atoms with Crippen LogP contribution in [0.5, 0.6) is 0 Å². The Morgan fingerprint density at radius 3 is 2.39 bits per heavy atom. The molecule has 0 bridgehead atoms. The average Bonchev–Trinajstić information content (AvgIpc) is 2.85. The highest BCUT2D eigenvalue weighted by molar-refractivity contribution is 6.07. The predicted octanol–water partition coefficient (Wildman–Crippen LogP) is 5.62. The van der Waals surface area contributed by atoms with E-state index in [1.165, 1.54) is 6.07 Å². The van der Waals surface area contributed by atoms with Gasteiger partial charge in [-0.05, 0) is 49.7 Å². The number of aryl methyl sites for hydroxylation is 2. The summed E-state index contributed by atoms with van der Waals surface area (Å²) in [5, 5.41) is 0.855. The fourth-order valence-electron chi connectivity index (χ4n) is 4.53. The highest BCUT2D eigenvalue weighted by Gasteiger charge is 2.25. The molecule has 5 rings (SSSR count). The van der Waals surface area contributed by atoms with Gasteiger partial charge in [0.25, 0.3) is 5.91 Å². The van der Waals surface area contributed by atoms with Gasteiger partial charge in [-0.1, -0.05) is 48.0 Å². The molecule has 166 valence electrons. The van der Waals surface area contributed by atoms with Crippen molar-refractivity contribution in [2.75, 3.05) is 31.1 Å². The van der Waals surface area contributed by atoms with Gasteiger partial charge in [-0.15, -0.1) is 0 Å². The smallest absolute Gasteiger partial charge is 0.254 e. The molecule has 1 aliphatic heterocycles. The molecule has 0 radical (unpaired) electrons. The molecule has 1 amide bonds. The molecule has 2 heterocycles. The first-order chi connectivity index (χ1) is 16.0. The van der Waals surface area contributed by atoms with E-state index in [9.17, 15) is 9.18 Å². The van der Waals surface area contributed by atoms with Gasteiger partial charge in [0.05, 0.1) is 22.5 Å². The van der Waals surface area contributed by atoms with Gasteiger partial charge in [-0.25, -0.2) is 9.37 Å². The number of fused-ring (bicyclic) bond motifs is 1. The quantitative estimate of drug-likeness (QED) is 0.416. The van der Waals surface area contributed by atoms with E-state index in [1.54, 1.807) is 12.1 Å². The normalized spacial score (nSPS) is 14.0. The number of aromatic nitrogens is 1. The molecule has 0 aliphatic carbocycles. The standard InChI is InChI=1S/C28H26FN3O/c1-19-11-12-20(2)22(17-19)26-18-23(21-7-3-5-9-25(21)30-26)28(33)32-15-13-31(14-16-32)27-10-6-4-8-24(27)29/h3-12,17-18H,13-16H2,1-2H3. The van der Waals surface area contributed by atoms with Crippen LogP contribution in [0.25, 0.3) is 22.2 Å². The Labute approximate surface area is 193 Å². The van der Waals surface area contributed by atoms with Gasteiger partial charge in [0.2, 0.25) is 0 Å². The molecule has 0 saturated carbocycles. The Morgan fingerprint density at radius 1 is 0.879 bits per heavy atom. The predicted molar refractivity (Wildman–Crippen MR) is 131 cm³/mol. The lowest BCUT2D eigenvalue weighted by atomic mass is 9.98. The molecule has 0 unspecified atom stereocenters. The SMILES string of the molecule is Cc1ccc(C)c(-c2cc(C(=O)N3CCN(c4ccccc4F)CC3)c3ccccc3n2)c1. The van der Waals surface area contributed by atoms with Gasteiger partial charge in [0.1, 0.15) is 5.82 Å². The van der Waals surface area contributed by atoms with Gasteiger partial charge < -0.3 is 9.80 Å². The Kier molecular flexibility index (Phi) is 5.55. The number of halogens is 1. The van der Waals surface area contributed by atoms with Gasteiger partial charge >= 0.3 is 0 Å². The van der Waals surface area contributed by atoms with Crippen molar-refractivity contribution >= 4 is 22.5 Å². The van der Waals surface area contributed by atoms with Crippen molar-refractivity contribution in [2.24, 2.45) is 0 Å². The third kappa shape index (κ3) is 4.07. The average molecular weight is 440 g/mol. The molecule has 1 aromatic heterocycles. The summed E-state index contributed by atoms with van der Waals surface area (Å²) < 4.78 is 14.2. The summed E-state index contributed by atoms with van der Waals surface area (Å²) >= 11 is 0. The lowest BCUT2D eigenvalue weighted by Gasteiger charge is -2.36. The second kappa shape index (κ2) is 8.66. The second-order valence-corrected chi connectivity index (χ2v) is 8.62. The number of hydrogen-bond donors (Lipinski definition) is 0. The van der Waals surface area contributed by atoms with Gasteiger partial charge in [-0.2, -0.15) is 0 Å². The molecular weight excluding hydrogens is 413 g/mol. The number of carbonyl (C=O) groups excluding carboxylic acids is 1. The zero-order valence-electron chi connectivity index (χ0n) is 18.9. The first-order valence-electron chi connectivity index (χ1n) is 11.3. The maximum absolute atomic E-state index is 14.2. The van der Waals surface area contributed by atoms with E-state index < -0.39 is 0 Å². The van der Waals surface area contributed by atoms with Crippen molar-refractivity contribution in [3.05, 3.63) is 95.3 Å². The van der Waals surface area contributed by atoms with Crippen LogP contribution in [0.1, 0.15) is 21.5 Å². The van der Waals surface area contributed by atoms with Crippen LogP contribution in [0.3, 0.4) is 0 Å². The number of carbonyl (C=O) groups is 1. The van der Waals surface area contributed by atoms with E-state index in [0.29, 0.717) is 37.4 Å². The summed E-state index contributed by atoms with van der Waals surface area (Å²) in [6.07, 6.45) is 0. The summed E-state index contributed by atoms with van der Waals surface area (Å²) in [5.41, 5.74) is 6.20. The molecule has 1 fully saturated rings. The second-order valence-electron chi connectivity index (χ2n) is 8.62. The van der Waals surface area contributed by atoms with Gasteiger partial charge in [-0.3, -0.25) is 4.79 Å². The van der Waals surface area contributed by atoms with Crippen LogP contribution in [-0.2, 0) is 0 Å². The monoisotopic (exact) mass is 439 g/mol. The third-order valence-corrected chi connectivity index (χ3v) is 6.38. The van der Waals surface area contributed by atoms with Crippen molar-refractivity contribution in [2.45, 2.75) is 13.8 Å². The number of para-hydroxylation sites is 2. The van der Waals surface area contributed by atoms with Crippen LogP contribution >= 0.6 is 0 Å². The minimum atomic E-state index is -0.226. The number of nitrogens with zero attached hydrogens (tertiary/aromatic N) is 3. The molecule has 1 saturated heterocycles. The minimum absolute atomic E-state index is 0.00617. The van der Waals surface area contributed by atoms with E-state index in [1.807, 2.05) is 46.2 Å². The van der Waals surface area contributed by atoms with Gasteiger partial charge in [0.15, 0.2) is 0 Å². The summed E-state index contributed by atoms with van der Waals surface area (Å²) in [7, 11) is 0. The topological polar surface area (TPSA) is 36.4 Å². The van der Waals surface area contributed by atoms with Crippen LogP contribution in [0.2, 0.25) is 0 Å². The van der Waals surface area contributed by atoms with E-state index in [4.69, 9.17) is 4.98 Å². The summed E-state index contributed by atoms with van der Waals surface area (Å²) in [4.78, 5) is 22.4. The number of anilines is 1. The number of rotatable bonds is 3. The Bertz CT molecular complexity index is 1340. The van der Waals surface area contributed by atoms with Crippen LogP contribution in [0, 0.1) is 19.7 Å². The Balaban J connectivity index is 1.47. The minimum Gasteiger partial charge on any atom is -0.366 e. The van der Waals surface area contributed by atoms with Crippen molar-refractivity contribution in [1.82, 2.24) is 9.88 Å². The van der Waals surface area contributed by atoms with Crippen molar-refractivity contribution in [1.29, 1.82) is 0 Å². The number of piperazine rings is 1. The molecule has 4 aromatic rings. The first kappa shape index (κ1) is 21.1. The highest BCUT2D eigenvalue weighted by Crippen LogP contribution is 2.29. The molecule has 33 heavy (non-hydrogen) atoms.